The van der Waals surface area contributed by atoms with Crippen molar-refractivity contribution in [1.29, 1.82) is 0 Å². The van der Waals surface area contributed by atoms with E-state index in [0.29, 0.717) is 64.9 Å². The Morgan fingerprint density at radius 1 is 0.743 bits per heavy atom. The van der Waals surface area contributed by atoms with Gasteiger partial charge in [0.1, 0.15) is 6.61 Å². The molecule has 12 heteroatoms. The molecule has 0 atom stereocenters. The number of ether oxygens (including phenoxy) is 4. The van der Waals surface area contributed by atoms with Crippen LogP contribution in [-0.4, -0.2) is 94.6 Å². The summed E-state index contributed by atoms with van der Waals surface area (Å²) in [6.07, 6.45) is 4.45. The Labute approximate surface area is 221 Å². The number of alkyl carbamates (subject to hydrolysis) is 1. The van der Waals surface area contributed by atoms with Crippen LogP contribution < -0.4 is 16.0 Å². The molecule has 0 rings (SSSR count). The largest absolute Gasteiger partial charge is 0.449 e. The third-order valence-electron chi connectivity index (χ3n) is 3.91. The van der Waals surface area contributed by atoms with E-state index in [1.807, 2.05) is 13.8 Å². The van der Waals surface area contributed by atoms with Crippen LogP contribution in [0.3, 0.4) is 0 Å². The van der Waals surface area contributed by atoms with Crippen molar-refractivity contribution in [3.63, 3.8) is 0 Å². The maximum absolute atomic E-state index is 11.3. The molecule has 0 saturated heterocycles. The van der Waals surface area contributed by atoms with Gasteiger partial charge in [-0.2, -0.15) is 12.6 Å². The minimum absolute atomic E-state index is 0.0426. The molecule has 208 valence electrons. The highest BCUT2D eigenvalue weighted by molar-refractivity contribution is 8.13. The van der Waals surface area contributed by atoms with Gasteiger partial charge in [-0.1, -0.05) is 38.5 Å². The Balaban J connectivity index is 0. The summed E-state index contributed by atoms with van der Waals surface area (Å²) in [5.74, 6) is 1.29. The van der Waals surface area contributed by atoms with Crippen molar-refractivity contribution in [2.24, 2.45) is 0 Å². The van der Waals surface area contributed by atoms with Crippen molar-refractivity contribution in [3.05, 3.63) is 0 Å². The number of rotatable bonds is 21. The normalized spacial score (nSPS) is 10.2. The van der Waals surface area contributed by atoms with Gasteiger partial charge in [0.05, 0.1) is 39.6 Å². The smallest absolute Gasteiger partial charge is 0.407 e. The van der Waals surface area contributed by atoms with Gasteiger partial charge in [-0.25, -0.2) is 4.79 Å². The zero-order valence-electron chi connectivity index (χ0n) is 21.7. The Bertz CT molecular complexity index is 504. The maximum atomic E-state index is 11.3. The minimum Gasteiger partial charge on any atom is -0.449 e. The minimum atomic E-state index is -0.407. The molecule has 3 amide bonds. The van der Waals surface area contributed by atoms with E-state index < -0.39 is 6.09 Å². The van der Waals surface area contributed by atoms with Crippen LogP contribution in [0.5, 0.6) is 0 Å². The Hall–Kier alpha value is -1.21. The van der Waals surface area contributed by atoms with Crippen LogP contribution in [0.2, 0.25) is 0 Å². The van der Waals surface area contributed by atoms with Crippen molar-refractivity contribution in [2.75, 3.05) is 77.4 Å². The van der Waals surface area contributed by atoms with Crippen LogP contribution in [0, 0.1) is 0 Å². The molecule has 0 spiro atoms. The van der Waals surface area contributed by atoms with Gasteiger partial charge in [0.2, 0.25) is 5.91 Å². The zero-order valence-corrected chi connectivity index (χ0v) is 23.4. The number of likely N-dealkylation sites (N-methyl/N-ethyl adjacent to an activating group) is 1. The first-order chi connectivity index (χ1) is 17.0. The van der Waals surface area contributed by atoms with Gasteiger partial charge >= 0.3 is 6.09 Å². The SMILES string of the molecule is CCCCCNC(=O)SCCOCCOCCS.CCCNC(=O)OCCCOCC(=O)NCC. The lowest BCUT2D eigenvalue weighted by atomic mass is 10.2. The summed E-state index contributed by atoms with van der Waals surface area (Å²) >= 11 is 5.30. The number of thioether (sulfide) groups is 1. The molecule has 0 bridgehead atoms. The third kappa shape index (κ3) is 32.8. The third-order valence-corrected chi connectivity index (χ3v) is 4.87. The molecule has 10 nitrogen and oxygen atoms in total. The molecule has 0 saturated carbocycles. The van der Waals surface area contributed by atoms with E-state index in [-0.39, 0.29) is 17.8 Å². The second-order valence-corrected chi connectivity index (χ2v) is 8.66. The number of unbranched alkanes of at least 4 members (excludes halogenated alkanes) is 2. The van der Waals surface area contributed by atoms with Crippen LogP contribution in [0.4, 0.5) is 9.59 Å². The summed E-state index contributed by atoms with van der Waals surface area (Å²) in [6.45, 7) is 11.1. The second-order valence-electron chi connectivity index (χ2n) is 7.14. The number of thiol groups is 1. The quantitative estimate of drug-likeness (QED) is 0.129. The molecular weight excluding hydrogens is 494 g/mol. The Morgan fingerprint density at radius 2 is 1.49 bits per heavy atom. The lowest BCUT2D eigenvalue weighted by Crippen LogP contribution is -2.27. The van der Waals surface area contributed by atoms with Crippen LogP contribution in [-0.2, 0) is 23.7 Å². The van der Waals surface area contributed by atoms with E-state index in [1.54, 1.807) is 0 Å². The molecule has 0 aliphatic rings. The number of amides is 3. The van der Waals surface area contributed by atoms with Crippen LogP contribution in [0.15, 0.2) is 0 Å². The molecule has 0 fully saturated rings. The molecule has 0 unspecified atom stereocenters. The van der Waals surface area contributed by atoms with Gasteiger partial charge in [0, 0.05) is 37.6 Å². The Kier molecular flexibility index (Phi) is 31.7. The van der Waals surface area contributed by atoms with Crippen LogP contribution in [0.1, 0.15) is 52.9 Å². The highest BCUT2D eigenvalue weighted by atomic mass is 32.2. The molecule has 0 aliphatic heterocycles. The summed E-state index contributed by atoms with van der Waals surface area (Å²) in [7, 11) is 0. The standard InChI is InChI=1S/C12H25NO3S2.C11H22N2O4/c1-2-3-4-5-13-12(14)18-11-9-16-7-6-15-8-10-17;1-3-6-13-11(15)17-8-5-7-16-9-10(14)12-4-2/h17H,2-11H2,1H3,(H,13,14);3-9H2,1-2H3,(H,12,14)(H,13,15). The van der Waals surface area contributed by atoms with Crippen molar-refractivity contribution < 1.29 is 33.3 Å². The summed E-state index contributed by atoms with van der Waals surface area (Å²) in [5, 5.41) is 8.12. The molecule has 0 aliphatic carbocycles. The average Bonchev–Trinajstić information content (AvgIpc) is 2.85. The summed E-state index contributed by atoms with van der Waals surface area (Å²) < 4.78 is 20.5. The molecular formula is C23H47N3O7S2. The summed E-state index contributed by atoms with van der Waals surface area (Å²) in [4.78, 5) is 33.3. The van der Waals surface area contributed by atoms with Gasteiger partial charge in [-0.3, -0.25) is 9.59 Å². The number of nitrogens with one attached hydrogen (secondary N) is 3. The van der Waals surface area contributed by atoms with Gasteiger partial charge < -0.3 is 34.9 Å². The summed E-state index contributed by atoms with van der Waals surface area (Å²) in [5.41, 5.74) is 0. The number of carbonyl (C=O) groups is 3. The van der Waals surface area contributed by atoms with Crippen molar-refractivity contribution >= 4 is 41.6 Å². The van der Waals surface area contributed by atoms with E-state index in [0.717, 1.165) is 25.1 Å². The molecule has 0 radical (unpaired) electrons. The molecule has 3 N–H and O–H groups in total. The van der Waals surface area contributed by atoms with E-state index >= 15 is 0 Å². The average molecular weight is 542 g/mol. The first-order valence-electron chi connectivity index (χ1n) is 12.4. The zero-order chi connectivity index (χ0) is 26.4. The number of hydrogen-bond donors (Lipinski definition) is 4. The lowest BCUT2D eigenvalue weighted by Gasteiger charge is -2.06. The van der Waals surface area contributed by atoms with E-state index in [4.69, 9.17) is 18.9 Å². The molecule has 0 aromatic rings. The molecule has 0 heterocycles. The lowest BCUT2D eigenvalue weighted by molar-refractivity contribution is -0.125. The topological polar surface area (TPSA) is 124 Å². The van der Waals surface area contributed by atoms with E-state index in [9.17, 15) is 14.4 Å². The Morgan fingerprint density at radius 3 is 2.14 bits per heavy atom. The molecule has 35 heavy (non-hydrogen) atoms. The van der Waals surface area contributed by atoms with Crippen molar-refractivity contribution in [2.45, 2.75) is 52.9 Å². The highest BCUT2D eigenvalue weighted by Gasteiger charge is 2.02. The molecule has 0 aromatic heterocycles. The summed E-state index contributed by atoms with van der Waals surface area (Å²) in [6, 6.07) is 0. The van der Waals surface area contributed by atoms with Gasteiger partial charge in [-0.15, -0.1) is 0 Å². The van der Waals surface area contributed by atoms with E-state index in [2.05, 4.69) is 35.5 Å². The predicted octanol–water partition coefficient (Wildman–Crippen LogP) is 3.25. The van der Waals surface area contributed by atoms with Crippen molar-refractivity contribution in [3.8, 4) is 0 Å². The van der Waals surface area contributed by atoms with Gasteiger partial charge in [0.15, 0.2) is 0 Å². The first kappa shape index (κ1) is 35.9. The predicted molar refractivity (Wildman–Crippen MR) is 145 cm³/mol. The first-order valence-corrected chi connectivity index (χ1v) is 14.0. The van der Waals surface area contributed by atoms with Crippen molar-refractivity contribution in [1.82, 2.24) is 16.0 Å². The van der Waals surface area contributed by atoms with Gasteiger partial charge in [-0.05, 0) is 19.8 Å². The second kappa shape index (κ2) is 30.8. The highest BCUT2D eigenvalue weighted by Crippen LogP contribution is 2.01. The fourth-order valence-electron chi connectivity index (χ4n) is 2.21. The fourth-order valence-corrected chi connectivity index (χ4v) is 2.93. The van der Waals surface area contributed by atoms with Crippen LogP contribution in [0.25, 0.3) is 0 Å². The maximum Gasteiger partial charge on any atom is 0.407 e. The fraction of sp³-hybridized carbons (Fsp3) is 0.870. The van der Waals surface area contributed by atoms with Crippen LogP contribution >= 0.6 is 24.4 Å². The molecule has 0 aromatic carbocycles. The monoisotopic (exact) mass is 541 g/mol. The van der Waals surface area contributed by atoms with Gasteiger partial charge in [0.25, 0.3) is 5.24 Å². The van der Waals surface area contributed by atoms with E-state index in [1.165, 1.54) is 24.6 Å². The number of hydrogen-bond acceptors (Lipinski definition) is 9. The number of carbonyl (C=O) groups excluding carboxylic acids is 3.